The number of nitrogens with one attached hydrogen (secondary N) is 1. The van der Waals surface area contributed by atoms with Crippen molar-refractivity contribution in [3.05, 3.63) is 17.7 Å². The number of hydrogen-bond donors (Lipinski definition) is 1. The first-order chi connectivity index (χ1) is 10.2. The van der Waals surface area contributed by atoms with Gasteiger partial charge in [-0.15, -0.1) is 0 Å². The molecule has 2 heterocycles. The first-order valence-electron chi connectivity index (χ1n) is 8.07. The summed E-state index contributed by atoms with van der Waals surface area (Å²) in [6.07, 6.45) is 3.03. The standard InChI is InChI=1S/C17H25NO3/c1-4-17(5-2)11-13(18-6-3)12-9-15-16(10-14(12)21-17)20-8-7-19-15/h9-10,13,18H,4-8,11H2,1-3H3. The molecule has 2 aliphatic heterocycles. The Morgan fingerprint density at radius 3 is 2.33 bits per heavy atom. The van der Waals surface area contributed by atoms with Crippen molar-refractivity contribution in [3.63, 3.8) is 0 Å². The minimum Gasteiger partial charge on any atom is -0.487 e. The smallest absolute Gasteiger partial charge is 0.165 e. The van der Waals surface area contributed by atoms with E-state index in [1.165, 1.54) is 5.56 Å². The van der Waals surface area contributed by atoms with E-state index in [1.807, 2.05) is 6.07 Å². The molecule has 0 aliphatic carbocycles. The van der Waals surface area contributed by atoms with Crippen LogP contribution >= 0.6 is 0 Å². The summed E-state index contributed by atoms with van der Waals surface area (Å²) in [5.74, 6) is 2.59. The Hall–Kier alpha value is -1.42. The van der Waals surface area contributed by atoms with Crippen LogP contribution in [0.4, 0.5) is 0 Å². The normalized spacial score (nSPS) is 22.3. The van der Waals surface area contributed by atoms with Gasteiger partial charge < -0.3 is 19.5 Å². The van der Waals surface area contributed by atoms with Crippen LogP contribution in [0.15, 0.2) is 12.1 Å². The van der Waals surface area contributed by atoms with Crippen molar-refractivity contribution in [2.24, 2.45) is 0 Å². The molecule has 0 bridgehead atoms. The Kier molecular flexibility index (Phi) is 3.98. The molecular weight excluding hydrogens is 266 g/mol. The van der Waals surface area contributed by atoms with E-state index in [1.54, 1.807) is 0 Å². The summed E-state index contributed by atoms with van der Waals surface area (Å²) in [5.41, 5.74) is 1.11. The molecule has 116 valence electrons. The molecule has 2 aliphatic rings. The summed E-state index contributed by atoms with van der Waals surface area (Å²) in [7, 11) is 0. The highest BCUT2D eigenvalue weighted by Crippen LogP contribution is 2.47. The van der Waals surface area contributed by atoms with Crippen molar-refractivity contribution in [2.75, 3.05) is 19.8 Å². The van der Waals surface area contributed by atoms with Crippen molar-refractivity contribution in [1.82, 2.24) is 5.32 Å². The second-order valence-corrected chi connectivity index (χ2v) is 5.84. The topological polar surface area (TPSA) is 39.7 Å². The molecule has 1 N–H and O–H groups in total. The average molecular weight is 291 g/mol. The van der Waals surface area contributed by atoms with E-state index in [0.717, 1.165) is 43.1 Å². The number of ether oxygens (including phenoxy) is 3. The number of fused-ring (bicyclic) bond motifs is 2. The lowest BCUT2D eigenvalue weighted by Crippen LogP contribution is -2.43. The molecule has 0 saturated heterocycles. The van der Waals surface area contributed by atoms with E-state index in [0.29, 0.717) is 19.3 Å². The monoisotopic (exact) mass is 291 g/mol. The fourth-order valence-electron chi connectivity index (χ4n) is 3.31. The molecule has 1 aromatic carbocycles. The van der Waals surface area contributed by atoms with Gasteiger partial charge >= 0.3 is 0 Å². The van der Waals surface area contributed by atoms with E-state index in [9.17, 15) is 0 Å². The van der Waals surface area contributed by atoms with Gasteiger partial charge in [0.25, 0.3) is 0 Å². The predicted molar refractivity (Wildman–Crippen MR) is 82.4 cm³/mol. The van der Waals surface area contributed by atoms with Crippen LogP contribution in [-0.4, -0.2) is 25.4 Å². The van der Waals surface area contributed by atoms with Gasteiger partial charge in [0.2, 0.25) is 0 Å². The summed E-state index contributed by atoms with van der Waals surface area (Å²) < 4.78 is 17.8. The van der Waals surface area contributed by atoms with Gasteiger partial charge in [0.1, 0.15) is 24.6 Å². The fourth-order valence-corrected chi connectivity index (χ4v) is 3.31. The Morgan fingerprint density at radius 1 is 1.05 bits per heavy atom. The molecule has 1 atom stereocenters. The van der Waals surface area contributed by atoms with Gasteiger partial charge in [-0.3, -0.25) is 0 Å². The third-order valence-corrected chi connectivity index (χ3v) is 4.69. The maximum Gasteiger partial charge on any atom is 0.165 e. The van der Waals surface area contributed by atoms with E-state index < -0.39 is 0 Å². The van der Waals surface area contributed by atoms with Crippen LogP contribution in [0.3, 0.4) is 0 Å². The van der Waals surface area contributed by atoms with Gasteiger partial charge in [-0.05, 0) is 25.5 Å². The maximum absolute atomic E-state index is 6.38. The second kappa shape index (κ2) is 5.76. The zero-order valence-electron chi connectivity index (χ0n) is 13.2. The molecule has 3 rings (SSSR count). The van der Waals surface area contributed by atoms with E-state index >= 15 is 0 Å². The summed E-state index contributed by atoms with van der Waals surface area (Å²) in [6, 6.07) is 4.41. The molecule has 0 radical (unpaired) electrons. The first kappa shape index (κ1) is 14.5. The molecule has 0 saturated carbocycles. The van der Waals surface area contributed by atoms with Crippen LogP contribution in [0.2, 0.25) is 0 Å². The molecule has 1 unspecified atom stereocenters. The number of hydrogen-bond acceptors (Lipinski definition) is 4. The van der Waals surface area contributed by atoms with Gasteiger partial charge in [-0.25, -0.2) is 0 Å². The minimum absolute atomic E-state index is 0.0798. The van der Waals surface area contributed by atoms with Gasteiger partial charge in [-0.1, -0.05) is 20.8 Å². The predicted octanol–water partition coefficient (Wildman–Crippen LogP) is 3.45. The lowest BCUT2D eigenvalue weighted by Gasteiger charge is -2.42. The Balaban J connectivity index is 2.02. The summed E-state index contributed by atoms with van der Waals surface area (Å²) in [5, 5.41) is 3.59. The average Bonchev–Trinajstić information content (AvgIpc) is 2.53. The molecule has 0 fully saturated rings. The summed E-state index contributed by atoms with van der Waals surface area (Å²) in [4.78, 5) is 0. The SMILES string of the molecule is CCNC1CC(CC)(CC)Oc2cc3c(cc21)OCCO3. The van der Waals surface area contributed by atoms with Crippen LogP contribution in [0.25, 0.3) is 0 Å². The highest BCUT2D eigenvalue weighted by Gasteiger charge is 2.39. The van der Waals surface area contributed by atoms with Crippen LogP contribution in [0.1, 0.15) is 51.6 Å². The number of rotatable bonds is 4. The lowest BCUT2D eigenvalue weighted by atomic mass is 9.83. The number of benzene rings is 1. The summed E-state index contributed by atoms with van der Waals surface area (Å²) in [6.45, 7) is 8.72. The van der Waals surface area contributed by atoms with Crippen molar-refractivity contribution < 1.29 is 14.2 Å². The first-order valence-corrected chi connectivity index (χ1v) is 8.07. The highest BCUT2D eigenvalue weighted by atomic mass is 16.6. The highest BCUT2D eigenvalue weighted by molar-refractivity contribution is 5.53. The van der Waals surface area contributed by atoms with Gasteiger partial charge in [-0.2, -0.15) is 0 Å². The molecule has 0 aromatic heterocycles. The van der Waals surface area contributed by atoms with Crippen molar-refractivity contribution in [2.45, 2.75) is 51.7 Å². The van der Waals surface area contributed by atoms with Gasteiger partial charge in [0.15, 0.2) is 11.5 Å². The quantitative estimate of drug-likeness (QED) is 0.922. The van der Waals surface area contributed by atoms with Crippen LogP contribution in [-0.2, 0) is 0 Å². The molecule has 0 spiro atoms. The summed E-state index contributed by atoms with van der Waals surface area (Å²) >= 11 is 0. The van der Waals surface area contributed by atoms with Crippen molar-refractivity contribution in [3.8, 4) is 17.2 Å². The minimum atomic E-state index is -0.0798. The Bertz CT molecular complexity index is 511. The van der Waals surface area contributed by atoms with Crippen molar-refractivity contribution >= 4 is 0 Å². The van der Waals surface area contributed by atoms with Crippen molar-refractivity contribution in [1.29, 1.82) is 0 Å². The Labute approximate surface area is 126 Å². The molecule has 4 nitrogen and oxygen atoms in total. The molecule has 4 heteroatoms. The zero-order chi connectivity index (χ0) is 14.9. The Morgan fingerprint density at radius 2 is 1.71 bits per heavy atom. The van der Waals surface area contributed by atoms with E-state index in [-0.39, 0.29) is 5.60 Å². The van der Waals surface area contributed by atoms with Gasteiger partial charge in [0, 0.05) is 24.1 Å². The lowest BCUT2D eigenvalue weighted by molar-refractivity contribution is 0.0222. The molecular formula is C17H25NO3. The third-order valence-electron chi connectivity index (χ3n) is 4.69. The van der Waals surface area contributed by atoms with Crippen LogP contribution in [0, 0.1) is 0 Å². The maximum atomic E-state index is 6.38. The van der Waals surface area contributed by atoms with Gasteiger partial charge in [0.05, 0.1) is 0 Å². The second-order valence-electron chi connectivity index (χ2n) is 5.84. The largest absolute Gasteiger partial charge is 0.487 e. The van der Waals surface area contributed by atoms with Crippen LogP contribution < -0.4 is 19.5 Å². The molecule has 21 heavy (non-hydrogen) atoms. The van der Waals surface area contributed by atoms with E-state index in [4.69, 9.17) is 14.2 Å². The van der Waals surface area contributed by atoms with E-state index in [2.05, 4.69) is 32.2 Å². The third kappa shape index (κ3) is 2.57. The van der Waals surface area contributed by atoms with Crippen LogP contribution in [0.5, 0.6) is 17.2 Å². The molecule has 0 amide bonds. The fraction of sp³-hybridized carbons (Fsp3) is 0.647. The molecule has 1 aromatic rings. The zero-order valence-corrected chi connectivity index (χ0v) is 13.2.